The zero-order chi connectivity index (χ0) is 35.7. The number of carbonyl (C=O) groups is 3. The molecule has 0 aromatic carbocycles. The maximum atomic E-state index is 13.2. The highest BCUT2D eigenvalue weighted by Gasteiger charge is 2.53. The predicted octanol–water partition coefficient (Wildman–Crippen LogP) is 3.16. The van der Waals surface area contributed by atoms with E-state index in [1.165, 1.54) is 26.0 Å². The van der Waals surface area contributed by atoms with Crippen molar-refractivity contribution in [2.75, 3.05) is 13.2 Å². The fraction of sp³-hybridized carbons (Fsp3) is 0.611. The van der Waals surface area contributed by atoms with Crippen molar-refractivity contribution in [3.8, 4) is 0 Å². The first-order chi connectivity index (χ1) is 23.1. The molecule has 2 bridgehead atoms. The van der Waals surface area contributed by atoms with Crippen LogP contribution in [0.4, 0.5) is 0 Å². The molecule has 1 aromatic rings. The lowest BCUT2D eigenvalue weighted by Gasteiger charge is -2.41. The average Bonchev–Trinajstić information content (AvgIpc) is 3.59. The van der Waals surface area contributed by atoms with Crippen molar-refractivity contribution in [2.24, 2.45) is 30.7 Å². The van der Waals surface area contributed by atoms with Crippen molar-refractivity contribution in [3.05, 3.63) is 59.7 Å². The van der Waals surface area contributed by atoms with Crippen LogP contribution in [0.3, 0.4) is 0 Å². The molecule has 1 aromatic heterocycles. The quantitative estimate of drug-likeness (QED) is 0.169. The molecule has 268 valence electrons. The average molecular weight is 685 g/mol. The van der Waals surface area contributed by atoms with Gasteiger partial charge in [0.2, 0.25) is 5.79 Å². The van der Waals surface area contributed by atoms with Gasteiger partial charge in [0, 0.05) is 38.7 Å². The molecule has 0 saturated carbocycles. The zero-order valence-electron chi connectivity index (χ0n) is 29.1. The predicted molar refractivity (Wildman–Crippen MR) is 175 cm³/mol. The Morgan fingerprint density at radius 1 is 1.14 bits per heavy atom. The maximum absolute atomic E-state index is 13.2. The Morgan fingerprint density at radius 2 is 1.86 bits per heavy atom. The summed E-state index contributed by atoms with van der Waals surface area (Å²) in [5.74, 6) is -3.57. The van der Waals surface area contributed by atoms with Gasteiger partial charge in [-0.05, 0) is 68.6 Å². The molecule has 0 spiro atoms. The lowest BCUT2D eigenvalue weighted by molar-refractivity contribution is -0.279. The standard InChI is InChI=1S/C36H48N2O11/c1-20(2)26-10-8-21(3)27-15-30(48-31(42)11-9-25-16-38(7)19-37-25)35(6)12-13-36(43,49-35)24(14-28(26)27)17-44-34-33(47-23(5)40)32(46-22(4)39)29(41)18-45-34/h8-9,11-14,16,19-20,26-30,32-34,41,43H,10,15,17-18H2,1-7H3/b11-9+,24-14-. The third kappa shape index (κ3) is 8.24. The van der Waals surface area contributed by atoms with Crippen molar-refractivity contribution in [3.63, 3.8) is 0 Å². The number of hydrogen-bond acceptors (Lipinski definition) is 12. The van der Waals surface area contributed by atoms with Crippen LogP contribution in [-0.2, 0) is 49.9 Å². The number of aliphatic hydroxyl groups excluding tert-OH is 1. The van der Waals surface area contributed by atoms with E-state index in [9.17, 15) is 24.6 Å². The number of esters is 3. The van der Waals surface area contributed by atoms with E-state index in [1.54, 1.807) is 36.2 Å². The summed E-state index contributed by atoms with van der Waals surface area (Å²) >= 11 is 0. The summed E-state index contributed by atoms with van der Waals surface area (Å²) in [5, 5.41) is 22.7. The van der Waals surface area contributed by atoms with Gasteiger partial charge in [-0.1, -0.05) is 31.6 Å². The second kappa shape index (κ2) is 14.7. The molecule has 3 aliphatic heterocycles. The SMILES string of the molecule is CC(=O)OC1C(O)COC(OC/C2=C/C3C(CC(OC(=O)/C=C/c4cn(C)cn4)C4(C)C=CC2(O)O4)C(C)=CCC3C(C)C)C1OC(C)=O. The number of hydrogen-bond donors (Lipinski definition) is 2. The second-order valence-corrected chi connectivity index (χ2v) is 14.0. The van der Waals surface area contributed by atoms with Crippen LogP contribution >= 0.6 is 0 Å². The molecule has 5 rings (SSSR count). The van der Waals surface area contributed by atoms with Crippen LogP contribution in [0.25, 0.3) is 6.08 Å². The van der Waals surface area contributed by atoms with E-state index in [4.69, 9.17) is 28.4 Å². The van der Waals surface area contributed by atoms with Crippen LogP contribution in [0, 0.1) is 23.7 Å². The minimum atomic E-state index is -1.95. The second-order valence-electron chi connectivity index (χ2n) is 14.0. The molecule has 13 nitrogen and oxygen atoms in total. The number of imidazole rings is 1. The molecular formula is C36H48N2O11. The van der Waals surface area contributed by atoms with Gasteiger partial charge in [-0.25, -0.2) is 9.78 Å². The van der Waals surface area contributed by atoms with E-state index in [-0.39, 0.29) is 36.9 Å². The van der Waals surface area contributed by atoms with Gasteiger partial charge in [0.25, 0.3) is 0 Å². The molecule has 49 heavy (non-hydrogen) atoms. The Bertz CT molecular complexity index is 1530. The molecule has 4 heterocycles. The van der Waals surface area contributed by atoms with Crippen molar-refractivity contribution in [1.29, 1.82) is 0 Å². The summed E-state index contributed by atoms with van der Waals surface area (Å²) in [5.41, 5.74) is 0.918. The van der Waals surface area contributed by atoms with Crippen LogP contribution < -0.4 is 0 Å². The number of aliphatic hydroxyl groups is 2. The van der Waals surface area contributed by atoms with E-state index >= 15 is 0 Å². The third-order valence-corrected chi connectivity index (χ3v) is 9.87. The first kappa shape index (κ1) is 36.7. The summed E-state index contributed by atoms with van der Waals surface area (Å²) in [6.07, 6.45) is 9.28. The number of aryl methyl sites for hydroxylation is 1. The van der Waals surface area contributed by atoms with E-state index in [2.05, 4.69) is 31.8 Å². The fourth-order valence-electron chi connectivity index (χ4n) is 7.27. The third-order valence-electron chi connectivity index (χ3n) is 9.87. The van der Waals surface area contributed by atoms with Crippen LogP contribution in [0.5, 0.6) is 0 Å². The minimum absolute atomic E-state index is 0.0614. The Labute approximate surface area is 286 Å². The molecule has 1 aliphatic carbocycles. The van der Waals surface area contributed by atoms with Crippen molar-refractivity contribution >= 4 is 24.0 Å². The molecule has 1 saturated heterocycles. The van der Waals surface area contributed by atoms with Crippen molar-refractivity contribution in [2.45, 2.75) is 96.5 Å². The monoisotopic (exact) mass is 684 g/mol. The molecule has 10 atom stereocenters. The molecule has 4 aliphatic rings. The van der Waals surface area contributed by atoms with Gasteiger partial charge in [-0.2, -0.15) is 0 Å². The molecule has 10 unspecified atom stereocenters. The molecular weight excluding hydrogens is 636 g/mol. The smallest absolute Gasteiger partial charge is 0.331 e. The Hall–Kier alpha value is -3.62. The fourth-order valence-corrected chi connectivity index (χ4v) is 7.27. The topological polar surface area (TPSA) is 165 Å². The number of allylic oxidation sites excluding steroid dienone is 3. The van der Waals surface area contributed by atoms with Gasteiger partial charge in [0.15, 0.2) is 18.5 Å². The highest BCUT2D eigenvalue weighted by molar-refractivity contribution is 5.86. The van der Waals surface area contributed by atoms with Crippen LogP contribution in [0.1, 0.15) is 60.1 Å². The Kier molecular flexibility index (Phi) is 11.0. The van der Waals surface area contributed by atoms with Crippen molar-refractivity contribution < 1.29 is 53.0 Å². The Morgan fingerprint density at radius 3 is 2.51 bits per heavy atom. The Balaban J connectivity index is 1.47. The number of carbonyl (C=O) groups excluding carboxylic acids is 3. The van der Waals surface area contributed by atoms with Crippen molar-refractivity contribution in [1.82, 2.24) is 9.55 Å². The summed E-state index contributed by atoms with van der Waals surface area (Å²) in [7, 11) is 1.84. The van der Waals surface area contributed by atoms with Gasteiger partial charge in [-0.3, -0.25) is 9.59 Å². The van der Waals surface area contributed by atoms with E-state index < -0.39 is 60.0 Å². The summed E-state index contributed by atoms with van der Waals surface area (Å²) in [6, 6.07) is 0. The van der Waals surface area contributed by atoms with Gasteiger partial charge in [0.05, 0.1) is 25.2 Å². The minimum Gasteiger partial charge on any atom is -0.456 e. The molecule has 1 fully saturated rings. The van der Waals surface area contributed by atoms with Crippen LogP contribution in [0.2, 0.25) is 0 Å². The first-order valence-electron chi connectivity index (χ1n) is 16.7. The number of nitrogens with zero attached hydrogens (tertiary/aromatic N) is 2. The molecule has 0 radical (unpaired) electrons. The maximum Gasteiger partial charge on any atom is 0.331 e. The van der Waals surface area contributed by atoms with Crippen LogP contribution in [-0.4, -0.2) is 93.0 Å². The van der Waals surface area contributed by atoms with Gasteiger partial charge in [0.1, 0.15) is 17.8 Å². The molecule has 13 heteroatoms. The normalized spacial score (nSPS) is 36.9. The van der Waals surface area contributed by atoms with E-state index in [0.717, 1.165) is 12.0 Å². The zero-order valence-corrected chi connectivity index (χ0v) is 29.1. The lowest BCUT2D eigenvalue weighted by atomic mass is 9.65. The highest BCUT2D eigenvalue weighted by Crippen LogP contribution is 2.49. The van der Waals surface area contributed by atoms with Crippen LogP contribution in [0.15, 0.2) is 54.1 Å². The summed E-state index contributed by atoms with van der Waals surface area (Å²) in [4.78, 5) is 41.3. The largest absolute Gasteiger partial charge is 0.456 e. The number of rotatable bonds is 9. The number of fused-ring (bicyclic) bond motifs is 3. The number of ether oxygens (including phenoxy) is 6. The van der Waals surface area contributed by atoms with E-state index in [1.807, 2.05) is 13.1 Å². The van der Waals surface area contributed by atoms with Gasteiger partial charge in [-0.15, -0.1) is 0 Å². The summed E-state index contributed by atoms with van der Waals surface area (Å²) < 4.78 is 37.0. The summed E-state index contributed by atoms with van der Waals surface area (Å²) in [6.45, 7) is 10.1. The van der Waals surface area contributed by atoms with Gasteiger partial charge < -0.3 is 43.2 Å². The molecule has 0 amide bonds. The van der Waals surface area contributed by atoms with Gasteiger partial charge >= 0.3 is 17.9 Å². The highest BCUT2D eigenvalue weighted by atomic mass is 16.7. The number of aromatic nitrogens is 2. The van der Waals surface area contributed by atoms with E-state index in [0.29, 0.717) is 17.7 Å². The lowest BCUT2D eigenvalue weighted by Crippen LogP contribution is -2.57. The first-order valence-corrected chi connectivity index (χ1v) is 16.7. The molecule has 2 N–H and O–H groups in total.